The third-order valence-electron chi connectivity index (χ3n) is 5.07. The van der Waals surface area contributed by atoms with Crippen molar-refractivity contribution in [3.8, 4) is 0 Å². The summed E-state index contributed by atoms with van der Waals surface area (Å²) in [6.45, 7) is 4.43. The molecule has 1 fully saturated rings. The Morgan fingerprint density at radius 2 is 2.12 bits per heavy atom. The third kappa shape index (κ3) is 2.94. The van der Waals surface area contributed by atoms with Gasteiger partial charge in [-0.2, -0.15) is 5.10 Å². The van der Waals surface area contributed by atoms with Crippen LogP contribution in [0.5, 0.6) is 0 Å². The van der Waals surface area contributed by atoms with Crippen LogP contribution in [0.3, 0.4) is 0 Å². The topological polar surface area (TPSA) is 97.6 Å². The molecule has 0 aromatic carbocycles. The number of hydrogen-bond donors (Lipinski definition) is 1. The van der Waals surface area contributed by atoms with Crippen molar-refractivity contribution >= 4 is 22.9 Å². The number of rotatable bonds is 4. The summed E-state index contributed by atoms with van der Waals surface area (Å²) < 4.78 is 6.81. The van der Waals surface area contributed by atoms with Gasteiger partial charge in [0.05, 0.1) is 23.3 Å². The Balaban J connectivity index is 2.02. The van der Waals surface area contributed by atoms with Crippen LogP contribution < -0.4 is 0 Å². The molecule has 26 heavy (non-hydrogen) atoms. The van der Waals surface area contributed by atoms with Crippen molar-refractivity contribution in [3.05, 3.63) is 23.0 Å². The lowest BCUT2D eigenvalue weighted by Crippen LogP contribution is -2.52. The van der Waals surface area contributed by atoms with Crippen molar-refractivity contribution in [2.24, 2.45) is 12.5 Å². The molecule has 8 heteroatoms. The fourth-order valence-corrected chi connectivity index (χ4v) is 3.84. The normalized spacial score (nSPS) is 20.5. The number of carbonyl (C=O) groups is 2. The van der Waals surface area contributed by atoms with Crippen molar-refractivity contribution in [1.29, 1.82) is 0 Å². The third-order valence-corrected chi connectivity index (χ3v) is 5.07. The minimum Gasteiger partial charge on any atom is -0.481 e. The highest BCUT2D eigenvalue weighted by atomic mass is 16.5. The van der Waals surface area contributed by atoms with Crippen molar-refractivity contribution in [3.63, 3.8) is 0 Å². The van der Waals surface area contributed by atoms with E-state index in [-0.39, 0.29) is 19.1 Å². The number of likely N-dealkylation sites (tertiary alicyclic amines) is 1. The molecule has 1 aliphatic rings. The molecule has 2 aromatic heterocycles. The summed E-state index contributed by atoms with van der Waals surface area (Å²) in [4.78, 5) is 31.2. The zero-order valence-corrected chi connectivity index (χ0v) is 15.6. The second kappa shape index (κ2) is 6.68. The van der Waals surface area contributed by atoms with Crippen molar-refractivity contribution in [2.75, 3.05) is 26.8 Å². The number of aryl methyl sites for hydroxylation is 3. The number of nitrogens with zero attached hydrogens (tertiary/aromatic N) is 4. The number of methoxy groups -OCH3 is 1. The Bertz CT molecular complexity index is 872. The van der Waals surface area contributed by atoms with Crippen LogP contribution in [0.2, 0.25) is 0 Å². The number of piperidine rings is 1. The number of carbonyl (C=O) groups excluding carboxylic acids is 1. The van der Waals surface area contributed by atoms with Crippen LogP contribution in [0, 0.1) is 19.3 Å². The van der Waals surface area contributed by atoms with Gasteiger partial charge in [0, 0.05) is 32.9 Å². The van der Waals surface area contributed by atoms with Crippen LogP contribution in [0.25, 0.3) is 11.0 Å². The summed E-state index contributed by atoms with van der Waals surface area (Å²) in [5.74, 6) is -1.11. The quantitative estimate of drug-likeness (QED) is 0.888. The van der Waals surface area contributed by atoms with Crippen LogP contribution >= 0.6 is 0 Å². The molecule has 0 saturated carbocycles. The first kappa shape index (κ1) is 18.3. The molecule has 0 bridgehead atoms. The van der Waals surface area contributed by atoms with Crippen LogP contribution in [0.15, 0.2) is 6.07 Å². The highest BCUT2D eigenvalue weighted by molar-refractivity contribution is 6.06. The number of aliphatic carboxylic acids is 1. The number of hydrogen-bond acceptors (Lipinski definition) is 5. The lowest BCUT2D eigenvalue weighted by Gasteiger charge is -2.39. The minimum absolute atomic E-state index is 0.0861. The highest BCUT2D eigenvalue weighted by Crippen LogP contribution is 2.32. The molecular weight excluding hydrogens is 336 g/mol. The second-order valence-electron chi connectivity index (χ2n) is 7.07. The van der Waals surface area contributed by atoms with Gasteiger partial charge in [-0.15, -0.1) is 0 Å². The molecule has 1 aliphatic heterocycles. The van der Waals surface area contributed by atoms with Gasteiger partial charge in [0.15, 0.2) is 5.65 Å². The van der Waals surface area contributed by atoms with Gasteiger partial charge in [-0.25, -0.2) is 4.98 Å². The minimum atomic E-state index is -1.06. The average molecular weight is 360 g/mol. The molecule has 8 nitrogen and oxygen atoms in total. The Morgan fingerprint density at radius 1 is 1.38 bits per heavy atom. The second-order valence-corrected chi connectivity index (χ2v) is 7.07. The van der Waals surface area contributed by atoms with Gasteiger partial charge in [0.25, 0.3) is 5.91 Å². The number of fused-ring (bicyclic) bond motifs is 1. The standard InChI is InChI=1S/C18H24N4O4/c1-11-8-13(14-12(2)20-21(3)15(14)19-11)16(23)22-7-5-6-18(9-22,10-26-4)17(24)25/h8H,5-7,9-10H2,1-4H3,(H,24,25). The lowest BCUT2D eigenvalue weighted by molar-refractivity contribution is -0.155. The Kier molecular flexibility index (Phi) is 4.70. The molecule has 0 spiro atoms. The maximum Gasteiger partial charge on any atom is 0.313 e. The van der Waals surface area contributed by atoms with Gasteiger partial charge < -0.3 is 14.7 Å². The van der Waals surface area contributed by atoms with Crippen LogP contribution in [-0.4, -0.2) is 63.5 Å². The Morgan fingerprint density at radius 3 is 2.77 bits per heavy atom. The molecule has 3 heterocycles. The zero-order valence-electron chi connectivity index (χ0n) is 15.6. The van der Waals surface area contributed by atoms with Crippen molar-refractivity contribution in [2.45, 2.75) is 26.7 Å². The predicted molar refractivity (Wildman–Crippen MR) is 95.1 cm³/mol. The number of ether oxygens (including phenoxy) is 1. The molecule has 1 atom stereocenters. The number of pyridine rings is 1. The molecule has 1 amide bonds. The van der Waals surface area contributed by atoms with E-state index in [0.29, 0.717) is 30.6 Å². The van der Waals surface area contributed by atoms with E-state index in [1.807, 2.05) is 13.8 Å². The maximum atomic E-state index is 13.3. The number of carboxylic acid groups (broad SMARTS) is 1. The van der Waals surface area contributed by atoms with E-state index in [2.05, 4.69) is 10.1 Å². The number of amides is 1. The van der Waals surface area contributed by atoms with E-state index in [4.69, 9.17) is 4.74 Å². The highest BCUT2D eigenvalue weighted by Gasteiger charge is 2.44. The summed E-state index contributed by atoms with van der Waals surface area (Å²) in [6, 6.07) is 1.76. The van der Waals surface area contributed by atoms with Gasteiger partial charge in [0.2, 0.25) is 0 Å². The molecule has 1 unspecified atom stereocenters. The van der Waals surface area contributed by atoms with E-state index in [1.54, 1.807) is 22.7 Å². The van der Waals surface area contributed by atoms with E-state index in [0.717, 1.165) is 16.8 Å². The first-order valence-electron chi connectivity index (χ1n) is 8.61. The summed E-state index contributed by atoms with van der Waals surface area (Å²) >= 11 is 0. The monoisotopic (exact) mass is 360 g/mol. The largest absolute Gasteiger partial charge is 0.481 e. The Labute approximate surface area is 151 Å². The molecule has 1 N–H and O–H groups in total. The fourth-order valence-electron chi connectivity index (χ4n) is 3.84. The Hall–Kier alpha value is -2.48. The first-order valence-corrected chi connectivity index (χ1v) is 8.61. The molecular formula is C18H24N4O4. The van der Waals surface area contributed by atoms with Gasteiger partial charge in [-0.3, -0.25) is 14.3 Å². The van der Waals surface area contributed by atoms with Gasteiger partial charge >= 0.3 is 5.97 Å². The van der Waals surface area contributed by atoms with Crippen LogP contribution in [-0.2, 0) is 16.6 Å². The fraction of sp³-hybridized carbons (Fsp3) is 0.556. The van der Waals surface area contributed by atoms with E-state index in [9.17, 15) is 14.7 Å². The summed E-state index contributed by atoms with van der Waals surface area (Å²) in [7, 11) is 3.28. The van der Waals surface area contributed by atoms with E-state index >= 15 is 0 Å². The first-order chi connectivity index (χ1) is 12.3. The lowest BCUT2D eigenvalue weighted by atomic mass is 9.80. The van der Waals surface area contributed by atoms with Gasteiger partial charge in [-0.1, -0.05) is 0 Å². The maximum absolute atomic E-state index is 13.3. The average Bonchev–Trinajstić information content (AvgIpc) is 2.88. The van der Waals surface area contributed by atoms with Crippen LogP contribution in [0.4, 0.5) is 0 Å². The van der Waals surface area contributed by atoms with Gasteiger partial charge in [0.1, 0.15) is 5.41 Å². The molecule has 1 saturated heterocycles. The van der Waals surface area contributed by atoms with E-state index in [1.165, 1.54) is 7.11 Å². The number of carboxylic acids is 1. The molecule has 0 aliphatic carbocycles. The summed E-state index contributed by atoms with van der Waals surface area (Å²) in [6.07, 6.45) is 1.12. The predicted octanol–water partition coefficient (Wildman–Crippen LogP) is 1.54. The molecule has 0 radical (unpaired) electrons. The molecule has 2 aromatic rings. The van der Waals surface area contributed by atoms with Crippen molar-refractivity contribution in [1.82, 2.24) is 19.7 Å². The molecule has 3 rings (SSSR count). The zero-order chi connectivity index (χ0) is 19.1. The SMILES string of the molecule is COCC1(C(=O)O)CCCN(C(=O)c2cc(C)nc3c2c(C)nn3C)C1. The number of aromatic nitrogens is 3. The smallest absolute Gasteiger partial charge is 0.313 e. The van der Waals surface area contributed by atoms with Gasteiger partial charge in [-0.05, 0) is 32.8 Å². The van der Waals surface area contributed by atoms with Crippen molar-refractivity contribution < 1.29 is 19.4 Å². The molecule has 140 valence electrons. The summed E-state index contributed by atoms with van der Waals surface area (Å²) in [5.41, 5.74) is 1.58. The van der Waals surface area contributed by atoms with Crippen LogP contribution in [0.1, 0.15) is 34.6 Å². The van der Waals surface area contributed by atoms with E-state index < -0.39 is 11.4 Å². The summed E-state index contributed by atoms with van der Waals surface area (Å²) in [5, 5.41) is 14.8.